The van der Waals surface area contributed by atoms with Crippen molar-refractivity contribution in [2.75, 3.05) is 0 Å². The summed E-state index contributed by atoms with van der Waals surface area (Å²) in [6.45, 7) is 0.995. The van der Waals surface area contributed by atoms with Crippen molar-refractivity contribution in [3.05, 3.63) is 34.9 Å². The maximum atomic E-state index is 13.3. The van der Waals surface area contributed by atoms with Crippen LogP contribution in [0, 0.1) is 0 Å². The van der Waals surface area contributed by atoms with Gasteiger partial charge in [-0.25, -0.2) is 8.78 Å². The van der Waals surface area contributed by atoms with E-state index in [4.69, 9.17) is 11.6 Å². The minimum absolute atomic E-state index is 0.568. The topological polar surface area (TPSA) is 0 Å². The van der Waals surface area contributed by atoms with Crippen LogP contribution in [-0.4, -0.2) is 5.92 Å². The molecule has 76 valence electrons. The fraction of sp³-hybridized carbons (Fsp3) is 0.455. The van der Waals surface area contributed by atoms with Crippen LogP contribution in [0.1, 0.15) is 25.3 Å². The zero-order valence-corrected chi connectivity index (χ0v) is 8.61. The summed E-state index contributed by atoms with van der Waals surface area (Å²) >= 11 is 5.71. The SMILES string of the molecule is CC(F)(F)C1(c2ccc(Cl)cc2)CC1. The van der Waals surface area contributed by atoms with Crippen molar-refractivity contribution in [1.29, 1.82) is 0 Å². The van der Waals surface area contributed by atoms with Crippen LogP contribution in [0.5, 0.6) is 0 Å². The van der Waals surface area contributed by atoms with Crippen molar-refractivity contribution in [3.8, 4) is 0 Å². The first kappa shape index (κ1) is 9.91. The van der Waals surface area contributed by atoms with E-state index in [9.17, 15) is 8.78 Å². The third-order valence-electron chi connectivity index (χ3n) is 2.99. The summed E-state index contributed by atoms with van der Waals surface area (Å²) in [6.07, 6.45) is 1.14. The molecule has 0 unspecified atom stereocenters. The second-order valence-corrected chi connectivity index (χ2v) is 4.41. The van der Waals surface area contributed by atoms with E-state index in [2.05, 4.69) is 0 Å². The second-order valence-electron chi connectivity index (χ2n) is 3.98. The van der Waals surface area contributed by atoms with Gasteiger partial charge in [-0.05, 0) is 30.5 Å². The van der Waals surface area contributed by atoms with Gasteiger partial charge in [-0.3, -0.25) is 0 Å². The zero-order chi connectivity index (χ0) is 10.4. The van der Waals surface area contributed by atoms with E-state index in [0.717, 1.165) is 6.92 Å². The number of rotatable bonds is 2. The van der Waals surface area contributed by atoms with Crippen molar-refractivity contribution >= 4 is 11.6 Å². The molecule has 0 heterocycles. The van der Waals surface area contributed by atoms with Gasteiger partial charge in [-0.2, -0.15) is 0 Å². The van der Waals surface area contributed by atoms with Gasteiger partial charge in [0.15, 0.2) is 0 Å². The number of hydrogen-bond donors (Lipinski definition) is 0. The molecule has 0 N–H and O–H groups in total. The molecule has 0 spiro atoms. The van der Waals surface area contributed by atoms with E-state index in [1.54, 1.807) is 24.3 Å². The van der Waals surface area contributed by atoms with E-state index in [-0.39, 0.29) is 0 Å². The van der Waals surface area contributed by atoms with Crippen LogP contribution < -0.4 is 0 Å². The largest absolute Gasteiger partial charge is 0.254 e. The summed E-state index contributed by atoms with van der Waals surface area (Å²) in [5.41, 5.74) is -0.216. The fourth-order valence-electron chi connectivity index (χ4n) is 1.88. The molecule has 2 rings (SSSR count). The van der Waals surface area contributed by atoms with E-state index < -0.39 is 11.3 Å². The lowest BCUT2D eigenvalue weighted by molar-refractivity contribution is -0.0199. The molecular formula is C11H11ClF2. The van der Waals surface area contributed by atoms with Gasteiger partial charge < -0.3 is 0 Å². The summed E-state index contributed by atoms with van der Waals surface area (Å²) in [7, 11) is 0. The van der Waals surface area contributed by atoms with Crippen LogP contribution in [0.25, 0.3) is 0 Å². The maximum Gasteiger partial charge on any atom is 0.254 e. The Labute approximate surface area is 86.9 Å². The smallest absolute Gasteiger partial charge is 0.206 e. The van der Waals surface area contributed by atoms with E-state index >= 15 is 0 Å². The highest BCUT2D eigenvalue weighted by atomic mass is 35.5. The second kappa shape index (κ2) is 2.93. The van der Waals surface area contributed by atoms with Crippen molar-refractivity contribution < 1.29 is 8.78 Å². The summed E-state index contributed by atoms with van der Waals surface area (Å²) in [6, 6.07) is 6.74. The molecule has 0 amide bonds. The molecule has 1 fully saturated rings. The molecule has 0 saturated heterocycles. The molecule has 1 aromatic rings. The van der Waals surface area contributed by atoms with Crippen molar-refractivity contribution in [2.45, 2.75) is 31.1 Å². The lowest BCUT2D eigenvalue weighted by atomic mass is 9.90. The molecule has 1 aliphatic rings. The molecule has 0 bridgehead atoms. The van der Waals surface area contributed by atoms with Gasteiger partial charge in [-0.1, -0.05) is 23.7 Å². The van der Waals surface area contributed by atoms with Gasteiger partial charge >= 0.3 is 0 Å². The molecule has 0 radical (unpaired) electrons. The Morgan fingerprint density at radius 2 is 1.71 bits per heavy atom. The van der Waals surface area contributed by atoms with Gasteiger partial charge in [0.1, 0.15) is 0 Å². The normalized spacial score (nSPS) is 19.4. The van der Waals surface area contributed by atoms with E-state index in [1.165, 1.54) is 0 Å². The van der Waals surface area contributed by atoms with Crippen molar-refractivity contribution in [2.24, 2.45) is 0 Å². The average Bonchev–Trinajstić information content (AvgIpc) is 2.84. The number of benzene rings is 1. The highest BCUT2D eigenvalue weighted by molar-refractivity contribution is 6.30. The van der Waals surface area contributed by atoms with Crippen LogP contribution in [0.2, 0.25) is 5.02 Å². The number of alkyl halides is 2. The summed E-state index contributed by atoms with van der Waals surface area (Å²) < 4.78 is 26.6. The van der Waals surface area contributed by atoms with Crippen molar-refractivity contribution in [3.63, 3.8) is 0 Å². The Bertz CT molecular complexity index is 333. The van der Waals surface area contributed by atoms with Crippen molar-refractivity contribution in [1.82, 2.24) is 0 Å². The molecule has 14 heavy (non-hydrogen) atoms. The Balaban J connectivity index is 2.36. The van der Waals surface area contributed by atoms with Gasteiger partial charge in [0.2, 0.25) is 0 Å². The minimum Gasteiger partial charge on any atom is -0.206 e. The van der Waals surface area contributed by atoms with E-state index in [1.807, 2.05) is 0 Å². The molecule has 3 heteroatoms. The monoisotopic (exact) mass is 216 g/mol. The lowest BCUT2D eigenvalue weighted by Gasteiger charge is -2.23. The molecule has 0 aliphatic heterocycles. The Morgan fingerprint density at radius 1 is 1.21 bits per heavy atom. The number of hydrogen-bond acceptors (Lipinski definition) is 0. The summed E-state index contributed by atoms with van der Waals surface area (Å²) in [4.78, 5) is 0. The molecular weight excluding hydrogens is 206 g/mol. The standard InChI is InChI=1S/C11H11ClF2/c1-10(13,14)11(6-7-11)8-2-4-9(12)5-3-8/h2-5H,6-7H2,1H3. The van der Waals surface area contributed by atoms with Crippen LogP contribution in [0.4, 0.5) is 8.78 Å². The summed E-state index contributed by atoms with van der Waals surface area (Å²) in [5.74, 6) is -2.64. The zero-order valence-electron chi connectivity index (χ0n) is 7.86. The molecule has 1 aliphatic carbocycles. The predicted octanol–water partition coefficient (Wildman–Crippen LogP) is 4.03. The fourth-order valence-corrected chi connectivity index (χ4v) is 2.00. The van der Waals surface area contributed by atoms with Crippen LogP contribution >= 0.6 is 11.6 Å². The van der Waals surface area contributed by atoms with Gasteiger partial charge in [0.25, 0.3) is 5.92 Å². The Hall–Kier alpha value is -0.630. The van der Waals surface area contributed by atoms with Crippen LogP contribution in [0.3, 0.4) is 0 Å². The highest BCUT2D eigenvalue weighted by Crippen LogP contribution is 2.58. The van der Waals surface area contributed by atoms with Gasteiger partial charge in [-0.15, -0.1) is 0 Å². The number of halogens is 3. The maximum absolute atomic E-state index is 13.3. The third kappa shape index (κ3) is 1.42. The van der Waals surface area contributed by atoms with Gasteiger partial charge in [0.05, 0.1) is 5.41 Å². The summed E-state index contributed by atoms with van der Waals surface area (Å²) in [5, 5.41) is 0.587. The minimum atomic E-state index is -2.64. The van der Waals surface area contributed by atoms with E-state index in [0.29, 0.717) is 23.4 Å². The first-order valence-corrected chi connectivity index (χ1v) is 4.97. The average molecular weight is 217 g/mol. The van der Waals surface area contributed by atoms with Gasteiger partial charge in [0, 0.05) is 11.9 Å². The van der Waals surface area contributed by atoms with Crippen LogP contribution in [-0.2, 0) is 5.41 Å². The molecule has 0 aromatic heterocycles. The Kier molecular flexibility index (Phi) is 2.07. The lowest BCUT2D eigenvalue weighted by Crippen LogP contribution is -2.29. The molecule has 1 aromatic carbocycles. The molecule has 0 nitrogen and oxygen atoms in total. The predicted molar refractivity (Wildman–Crippen MR) is 53.0 cm³/mol. The molecule has 0 atom stereocenters. The van der Waals surface area contributed by atoms with Crippen LogP contribution in [0.15, 0.2) is 24.3 Å². The molecule has 1 saturated carbocycles. The Morgan fingerprint density at radius 3 is 2.07 bits per heavy atom. The third-order valence-corrected chi connectivity index (χ3v) is 3.24. The highest BCUT2D eigenvalue weighted by Gasteiger charge is 2.59. The first-order chi connectivity index (χ1) is 6.46. The first-order valence-electron chi connectivity index (χ1n) is 4.60. The quantitative estimate of drug-likeness (QED) is 0.700.